The zero-order valence-corrected chi connectivity index (χ0v) is 8.99. The second-order valence-corrected chi connectivity index (χ2v) is 5.11. The van der Waals surface area contributed by atoms with Crippen molar-refractivity contribution < 1.29 is 0 Å². The minimum atomic E-state index is 0.551. The van der Waals surface area contributed by atoms with Gasteiger partial charge in [0.25, 0.3) is 0 Å². The quantitative estimate of drug-likeness (QED) is 0.771. The molecule has 0 saturated carbocycles. The average molecular weight is 195 g/mol. The molecule has 0 spiro atoms. The zero-order valence-electron chi connectivity index (χ0n) is 8.18. The molecule has 0 aromatic carbocycles. The molecule has 0 aliphatic heterocycles. The van der Waals surface area contributed by atoms with Gasteiger partial charge in [-0.15, -0.1) is 11.3 Å². The predicted octanol–water partition coefficient (Wildman–Crippen LogP) is 2.69. The summed E-state index contributed by atoms with van der Waals surface area (Å²) in [5.74, 6) is 0.551. The van der Waals surface area contributed by atoms with E-state index >= 15 is 0 Å². The molecular weight excluding hydrogens is 178 g/mol. The SMILES string of the molecule is CC(CN)c1cc2c(s1)CCCC2. The van der Waals surface area contributed by atoms with Crippen LogP contribution in [0.3, 0.4) is 0 Å². The lowest BCUT2D eigenvalue weighted by Gasteiger charge is -2.08. The Labute approximate surface area is 84.0 Å². The van der Waals surface area contributed by atoms with Crippen molar-refractivity contribution in [1.29, 1.82) is 0 Å². The van der Waals surface area contributed by atoms with Crippen molar-refractivity contribution >= 4 is 11.3 Å². The molecule has 0 fully saturated rings. The monoisotopic (exact) mass is 195 g/mol. The standard InChI is InChI=1S/C11H17NS/c1-8(7-12)11-6-9-4-2-3-5-10(9)13-11/h6,8H,2-5,7,12H2,1H3. The first-order chi connectivity index (χ1) is 6.31. The van der Waals surface area contributed by atoms with E-state index in [0.717, 1.165) is 6.54 Å². The number of nitrogens with two attached hydrogens (primary N) is 1. The van der Waals surface area contributed by atoms with Gasteiger partial charge in [-0.2, -0.15) is 0 Å². The van der Waals surface area contributed by atoms with Gasteiger partial charge < -0.3 is 5.73 Å². The molecule has 1 aliphatic carbocycles. The molecule has 0 amide bonds. The van der Waals surface area contributed by atoms with E-state index in [2.05, 4.69) is 13.0 Å². The first-order valence-corrected chi connectivity index (χ1v) is 5.94. The Morgan fingerprint density at radius 1 is 1.46 bits per heavy atom. The van der Waals surface area contributed by atoms with E-state index in [-0.39, 0.29) is 0 Å². The molecule has 1 aromatic heterocycles. The van der Waals surface area contributed by atoms with Crippen LogP contribution in [0.1, 0.15) is 41.0 Å². The molecule has 1 aliphatic rings. The van der Waals surface area contributed by atoms with Crippen LogP contribution in [0.4, 0.5) is 0 Å². The summed E-state index contributed by atoms with van der Waals surface area (Å²) < 4.78 is 0. The maximum absolute atomic E-state index is 5.67. The Morgan fingerprint density at radius 2 is 2.23 bits per heavy atom. The minimum Gasteiger partial charge on any atom is -0.330 e. The first-order valence-electron chi connectivity index (χ1n) is 5.13. The van der Waals surface area contributed by atoms with Gasteiger partial charge in [0, 0.05) is 15.7 Å². The second kappa shape index (κ2) is 3.81. The van der Waals surface area contributed by atoms with Gasteiger partial charge in [-0.25, -0.2) is 0 Å². The van der Waals surface area contributed by atoms with E-state index in [1.807, 2.05) is 11.3 Å². The summed E-state index contributed by atoms with van der Waals surface area (Å²) in [6.07, 6.45) is 5.35. The van der Waals surface area contributed by atoms with Crippen molar-refractivity contribution in [3.05, 3.63) is 21.4 Å². The number of rotatable bonds is 2. The number of fused-ring (bicyclic) bond motifs is 1. The molecule has 0 saturated heterocycles. The first kappa shape index (κ1) is 9.22. The summed E-state index contributed by atoms with van der Waals surface area (Å²) in [6, 6.07) is 2.39. The summed E-state index contributed by atoms with van der Waals surface area (Å²) in [5, 5.41) is 0. The fraction of sp³-hybridized carbons (Fsp3) is 0.636. The fourth-order valence-corrected chi connectivity index (χ4v) is 3.19. The summed E-state index contributed by atoms with van der Waals surface area (Å²) in [7, 11) is 0. The van der Waals surface area contributed by atoms with Crippen LogP contribution in [-0.4, -0.2) is 6.54 Å². The van der Waals surface area contributed by atoms with E-state index in [1.165, 1.54) is 30.6 Å². The number of aryl methyl sites for hydroxylation is 2. The van der Waals surface area contributed by atoms with Crippen LogP contribution in [-0.2, 0) is 12.8 Å². The molecular formula is C11H17NS. The Hall–Kier alpha value is -0.340. The molecule has 1 unspecified atom stereocenters. The molecule has 1 heterocycles. The molecule has 2 rings (SSSR count). The summed E-state index contributed by atoms with van der Waals surface area (Å²) in [6.45, 7) is 3.00. The van der Waals surface area contributed by atoms with E-state index < -0.39 is 0 Å². The molecule has 72 valence electrons. The van der Waals surface area contributed by atoms with E-state index in [1.54, 1.807) is 10.4 Å². The maximum Gasteiger partial charge on any atom is 0.00917 e. The second-order valence-electron chi connectivity index (χ2n) is 3.94. The van der Waals surface area contributed by atoms with Crippen molar-refractivity contribution in [2.75, 3.05) is 6.54 Å². The zero-order chi connectivity index (χ0) is 9.26. The lowest BCUT2D eigenvalue weighted by Crippen LogP contribution is -2.07. The highest BCUT2D eigenvalue weighted by Gasteiger charge is 2.15. The maximum atomic E-state index is 5.67. The van der Waals surface area contributed by atoms with Gasteiger partial charge in [0.2, 0.25) is 0 Å². The summed E-state index contributed by atoms with van der Waals surface area (Å²) >= 11 is 1.99. The van der Waals surface area contributed by atoms with Gasteiger partial charge in [-0.05, 0) is 43.9 Å². The fourth-order valence-electron chi connectivity index (χ4n) is 1.87. The van der Waals surface area contributed by atoms with Gasteiger partial charge in [0.15, 0.2) is 0 Å². The smallest absolute Gasteiger partial charge is 0.00917 e. The topological polar surface area (TPSA) is 26.0 Å². The lowest BCUT2D eigenvalue weighted by atomic mass is 9.98. The predicted molar refractivity (Wildman–Crippen MR) is 58.4 cm³/mol. The van der Waals surface area contributed by atoms with E-state index in [0.29, 0.717) is 5.92 Å². The van der Waals surface area contributed by atoms with Crippen LogP contribution >= 0.6 is 11.3 Å². The number of hydrogen-bond donors (Lipinski definition) is 1. The van der Waals surface area contributed by atoms with E-state index in [9.17, 15) is 0 Å². The van der Waals surface area contributed by atoms with Crippen molar-refractivity contribution in [3.63, 3.8) is 0 Å². The van der Waals surface area contributed by atoms with Gasteiger partial charge in [0.05, 0.1) is 0 Å². The van der Waals surface area contributed by atoms with Crippen LogP contribution in [0.5, 0.6) is 0 Å². The Morgan fingerprint density at radius 3 is 2.92 bits per heavy atom. The highest BCUT2D eigenvalue weighted by atomic mass is 32.1. The highest BCUT2D eigenvalue weighted by molar-refractivity contribution is 7.12. The largest absolute Gasteiger partial charge is 0.330 e. The Kier molecular flexibility index (Phi) is 2.70. The van der Waals surface area contributed by atoms with Crippen molar-refractivity contribution in [2.24, 2.45) is 5.73 Å². The lowest BCUT2D eigenvalue weighted by molar-refractivity contribution is 0.696. The molecule has 1 atom stereocenters. The van der Waals surface area contributed by atoms with Crippen LogP contribution in [0.2, 0.25) is 0 Å². The average Bonchev–Trinajstić information content (AvgIpc) is 2.59. The van der Waals surface area contributed by atoms with Crippen molar-refractivity contribution in [2.45, 2.75) is 38.5 Å². The summed E-state index contributed by atoms with van der Waals surface area (Å²) in [4.78, 5) is 3.12. The van der Waals surface area contributed by atoms with Crippen LogP contribution in [0.25, 0.3) is 0 Å². The van der Waals surface area contributed by atoms with Crippen LogP contribution in [0, 0.1) is 0 Å². The number of hydrogen-bond acceptors (Lipinski definition) is 2. The Bertz CT molecular complexity index is 267. The van der Waals surface area contributed by atoms with Crippen LogP contribution in [0.15, 0.2) is 6.07 Å². The van der Waals surface area contributed by atoms with Crippen molar-refractivity contribution in [3.8, 4) is 0 Å². The normalized spacial score (nSPS) is 18.3. The Balaban J connectivity index is 2.25. The number of thiophene rings is 1. The van der Waals surface area contributed by atoms with Crippen molar-refractivity contribution in [1.82, 2.24) is 0 Å². The third kappa shape index (κ3) is 1.79. The molecule has 1 nitrogen and oxygen atoms in total. The third-order valence-electron chi connectivity index (χ3n) is 2.85. The highest BCUT2D eigenvalue weighted by Crippen LogP contribution is 2.33. The minimum absolute atomic E-state index is 0.551. The summed E-state index contributed by atoms with van der Waals surface area (Å²) in [5.41, 5.74) is 7.27. The molecule has 2 N–H and O–H groups in total. The molecule has 0 radical (unpaired) electrons. The van der Waals surface area contributed by atoms with Gasteiger partial charge in [-0.1, -0.05) is 6.92 Å². The third-order valence-corrected chi connectivity index (χ3v) is 4.32. The van der Waals surface area contributed by atoms with Crippen LogP contribution < -0.4 is 5.73 Å². The van der Waals surface area contributed by atoms with Gasteiger partial charge in [-0.3, -0.25) is 0 Å². The molecule has 1 aromatic rings. The van der Waals surface area contributed by atoms with E-state index in [4.69, 9.17) is 5.73 Å². The van der Waals surface area contributed by atoms with Gasteiger partial charge in [0.1, 0.15) is 0 Å². The molecule has 13 heavy (non-hydrogen) atoms. The molecule has 2 heteroatoms. The molecule has 0 bridgehead atoms. The van der Waals surface area contributed by atoms with Gasteiger partial charge >= 0.3 is 0 Å².